The van der Waals surface area contributed by atoms with E-state index in [1.807, 2.05) is 19.9 Å². The molecule has 2 rings (SSSR count). The first-order valence-electron chi connectivity index (χ1n) is 7.28. The van der Waals surface area contributed by atoms with Crippen LogP contribution in [0.2, 0.25) is 0 Å². The van der Waals surface area contributed by atoms with E-state index in [9.17, 15) is 13.2 Å². The van der Waals surface area contributed by atoms with Crippen LogP contribution in [0.3, 0.4) is 0 Å². The Labute approximate surface area is 136 Å². The maximum atomic E-state index is 12.3. The molecule has 0 aromatic heterocycles. The monoisotopic (exact) mass is 332 g/mol. The molecule has 0 radical (unpaired) electrons. The van der Waals surface area contributed by atoms with Crippen molar-refractivity contribution in [1.29, 1.82) is 0 Å². The maximum Gasteiger partial charge on any atom is 0.272 e. The molecule has 6 heteroatoms. The zero-order valence-corrected chi connectivity index (χ0v) is 14.0. The predicted molar refractivity (Wildman–Crippen MR) is 90.8 cm³/mol. The summed E-state index contributed by atoms with van der Waals surface area (Å²) in [7, 11) is -3.32. The summed E-state index contributed by atoms with van der Waals surface area (Å²) in [4.78, 5) is 12.5. The van der Waals surface area contributed by atoms with E-state index < -0.39 is 9.84 Å². The third-order valence-corrected chi connectivity index (χ3v) is 5.36. The summed E-state index contributed by atoms with van der Waals surface area (Å²) in [5.74, 6) is 5.62. The van der Waals surface area contributed by atoms with Crippen LogP contribution in [0.1, 0.15) is 24.2 Å². The van der Waals surface area contributed by atoms with Crippen LogP contribution in [0.5, 0.6) is 0 Å². The van der Waals surface area contributed by atoms with Gasteiger partial charge >= 0.3 is 0 Å². The largest absolute Gasteiger partial charge is 0.272 e. The van der Waals surface area contributed by atoms with Gasteiger partial charge in [0, 0.05) is 5.56 Å². The highest BCUT2D eigenvalue weighted by Gasteiger charge is 2.18. The van der Waals surface area contributed by atoms with Gasteiger partial charge in [-0.3, -0.25) is 4.79 Å². The molecule has 2 aromatic rings. The molecule has 0 fully saturated rings. The summed E-state index contributed by atoms with van der Waals surface area (Å²) in [6, 6.07) is 14.7. The number of anilines is 1. The molecule has 23 heavy (non-hydrogen) atoms. The Morgan fingerprint density at radius 3 is 2.13 bits per heavy atom. The van der Waals surface area contributed by atoms with Gasteiger partial charge in [-0.05, 0) is 42.3 Å². The Morgan fingerprint density at radius 1 is 1.04 bits per heavy atom. The number of amides is 1. The van der Waals surface area contributed by atoms with Gasteiger partial charge < -0.3 is 0 Å². The Morgan fingerprint density at radius 2 is 1.61 bits per heavy atom. The summed E-state index contributed by atoms with van der Waals surface area (Å²) >= 11 is 0. The molecule has 0 unspecified atom stereocenters. The Hall–Kier alpha value is -2.18. The summed E-state index contributed by atoms with van der Waals surface area (Å²) in [6.07, 6.45) is 0. The molecule has 0 aliphatic rings. The topological polar surface area (TPSA) is 80.5 Å². The zero-order chi connectivity index (χ0) is 17.0. The zero-order valence-electron chi connectivity index (χ0n) is 13.1. The smallest absolute Gasteiger partial charge is 0.267 e. The van der Waals surface area contributed by atoms with E-state index in [4.69, 9.17) is 5.84 Å². The fraction of sp³-hybridized carbons (Fsp3) is 0.235. The normalized spacial score (nSPS) is 11.5. The van der Waals surface area contributed by atoms with Gasteiger partial charge in [0.1, 0.15) is 0 Å². The first kappa shape index (κ1) is 17.2. The quantitative estimate of drug-likeness (QED) is 0.518. The van der Waals surface area contributed by atoms with E-state index in [-0.39, 0.29) is 22.5 Å². The fourth-order valence-electron chi connectivity index (χ4n) is 2.19. The van der Waals surface area contributed by atoms with E-state index in [1.54, 1.807) is 24.3 Å². The van der Waals surface area contributed by atoms with E-state index in [0.717, 1.165) is 5.01 Å². The highest BCUT2D eigenvalue weighted by Crippen LogP contribution is 2.20. The van der Waals surface area contributed by atoms with E-state index in [0.29, 0.717) is 11.3 Å². The number of carbonyl (C=O) groups excluding carboxylic acids is 1. The standard InChI is InChI=1S/C17H20N2O3S/c1-13(2)12-23(21,22)16-10-8-15(9-11-16)19(18)17(20)14-6-4-3-5-7-14/h3-11,13H,12,18H2,1-2H3. The van der Waals surface area contributed by atoms with Gasteiger partial charge in [-0.15, -0.1) is 0 Å². The van der Waals surface area contributed by atoms with Crippen LogP contribution in [0.25, 0.3) is 0 Å². The SMILES string of the molecule is CC(C)CS(=O)(=O)c1ccc(N(N)C(=O)c2ccccc2)cc1. The number of carbonyl (C=O) groups is 1. The van der Waals surface area contributed by atoms with Crippen molar-refractivity contribution in [3.8, 4) is 0 Å². The molecular formula is C17H20N2O3S. The molecule has 2 aromatic carbocycles. The molecule has 0 atom stereocenters. The van der Waals surface area contributed by atoms with Crippen molar-refractivity contribution in [2.45, 2.75) is 18.7 Å². The lowest BCUT2D eigenvalue weighted by Crippen LogP contribution is -2.37. The lowest BCUT2D eigenvalue weighted by atomic mass is 10.2. The molecule has 0 aliphatic heterocycles. The highest BCUT2D eigenvalue weighted by atomic mass is 32.2. The van der Waals surface area contributed by atoms with Crippen molar-refractivity contribution >= 4 is 21.4 Å². The number of hydrogen-bond donors (Lipinski definition) is 1. The van der Waals surface area contributed by atoms with Crippen molar-refractivity contribution in [2.75, 3.05) is 10.8 Å². The van der Waals surface area contributed by atoms with Crippen LogP contribution in [0.15, 0.2) is 59.5 Å². The predicted octanol–water partition coefficient (Wildman–Crippen LogP) is 2.64. The number of hydrogen-bond acceptors (Lipinski definition) is 4. The van der Waals surface area contributed by atoms with Crippen molar-refractivity contribution < 1.29 is 13.2 Å². The van der Waals surface area contributed by atoms with Crippen molar-refractivity contribution in [3.63, 3.8) is 0 Å². The van der Waals surface area contributed by atoms with E-state index in [1.165, 1.54) is 24.3 Å². The third-order valence-electron chi connectivity index (χ3n) is 3.27. The molecule has 2 N–H and O–H groups in total. The average Bonchev–Trinajstić information content (AvgIpc) is 2.53. The maximum absolute atomic E-state index is 12.3. The molecule has 0 saturated heterocycles. The fourth-order valence-corrected chi connectivity index (χ4v) is 3.81. The molecule has 1 amide bonds. The molecule has 0 aliphatic carbocycles. The minimum atomic E-state index is -3.32. The molecule has 0 bridgehead atoms. The summed E-state index contributed by atoms with van der Waals surface area (Å²) < 4.78 is 24.3. The van der Waals surface area contributed by atoms with Gasteiger partial charge in [-0.2, -0.15) is 0 Å². The molecular weight excluding hydrogens is 312 g/mol. The Balaban J connectivity index is 2.21. The first-order chi connectivity index (χ1) is 10.8. The molecule has 0 saturated carbocycles. The average molecular weight is 332 g/mol. The summed E-state index contributed by atoms with van der Waals surface area (Å²) in [5.41, 5.74) is 0.897. The van der Waals surface area contributed by atoms with Crippen LogP contribution < -0.4 is 10.9 Å². The van der Waals surface area contributed by atoms with Crippen LogP contribution in [0, 0.1) is 5.92 Å². The van der Waals surface area contributed by atoms with Crippen LogP contribution >= 0.6 is 0 Å². The van der Waals surface area contributed by atoms with E-state index >= 15 is 0 Å². The van der Waals surface area contributed by atoms with Crippen LogP contribution in [-0.4, -0.2) is 20.1 Å². The number of sulfone groups is 1. The van der Waals surface area contributed by atoms with Gasteiger partial charge in [-0.25, -0.2) is 19.3 Å². The molecule has 0 spiro atoms. The number of nitrogens with zero attached hydrogens (tertiary/aromatic N) is 1. The van der Waals surface area contributed by atoms with Crippen LogP contribution in [0.4, 0.5) is 5.69 Å². The van der Waals surface area contributed by atoms with Gasteiger partial charge in [0.05, 0.1) is 16.3 Å². The van der Waals surface area contributed by atoms with Gasteiger partial charge in [-0.1, -0.05) is 32.0 Å². The second-order valence-electron chi connectivity index (χ2n) is 5.71. The van der Waals surface area contributed by atoms with Crippen LogP contribution in [-0.2, 0) is 9.84 Å². The number of benzene rings is 2. The number of rotatable bonds is 5. The molecule has 5 nitrogen and oxygen atoms in total. The summed E-state index contributed by atoms with van der Waals surface area (Å²) in [5, 5.41) is 1.01. The molecule has 0 heterocycles. The van der Waals surface area contributed by atoms with E-state index in [2.05, 4.69) is 0 Å². The first-order valence-corrected chi connectivity index (χ1v) is 8.93. The number of nitrogens with two attached hydrogens (primary N) is 1. The number of hydrazine groups is 1. The lowest BCUT2D eigenvalue weighted by molar-refractivity contribution is 0.0987. The van der Waals surface area contributed by atoms with Gasteiger partial charge in [0.2, 0.25) is 0 Å². The van der Waals surface area contributed by atoms with Crippen molar-refractivity contribution in [2.24, 2.45) is 11.8 Å². The lowest BCUT2D eigenvalue weighted by Gasteiger charge is -2.17. The minimum Gasteiger partial charge on any atom is -0.267 e. The second kappa shape index (κ2) is 6.93. The second-order valence-corrected chi connectivity index (χ2v) is 7.74. The Bertz CT molecular complexity index is 769. The third kappa shape index (κ3) is 4.18. The van der Waals surface area contributed by atoms with Crippen molar-refractivity contribution in [3.05, 3.63) is 60.2 Å². The van der Waals surface area contributed by atoms with Gasteiger partial charge in [0.15, 0.2) is 9.84 Å². The van der Waals surface area contributed by atoms with Gasteiger partial charge in [0.25, 0.3) is 5.91 Å². The molecule has 122 valence electrons. The minimum absolute atomic E-state index is 0.0466. The highest BCUT2D eigenvalue weighted by molar-refractivity contribution is 7.91. The summed E-state index contributed by atoms with van der Waals surface area (Å²) in [6.45, 7) is 3.71. The Kier molecular flexibility index (Phi) is 5.18. The van der Waals surface area contributed by atoms with Crippen molar-refractivity contribution in [1.82, 2.24) is 0 Å².